The van der Waals surface area contributed by atoms with Crippen LogP contribution in [0.1, 0.15) is 51.0 Å². The molecule has 2 N–H and O–H groups in total. The van der Waals surface area contributed by atoms with E-state index in [4.69, 9.17) is 5.73 Å². The van der Waals surface area contributed by atoms with Gasteiger partial charge in [-0.2, -0.15) is 0 Å². The molecule has 18 heavy (non-hydrogen) atoms. The lowest BCUT2D eigenvalue weighted by molar-refractivity contribution is 0.143. The molecule has 104 valence electrons. The van der Waals surface area contributed by atoms with Gasteiger partial charge in [0.1, 0.15) is 0 Å². The van der Waals surface area contributed by atoms with Crippen molar-refractivity contribution in [2.24, 2.45) is 5.73 Å². The summed E-state index contributed by atoms with van der Waals surface area (Å²) in [7, 11) is 0. The average Bonchev–Trinajstić information content (AvgIpc) is 2.80. The zero-order chi connectivity index (χ0) is 13.5. The zero-order valence-electron chi connectivity index (χ0n) is 11.7. The van der Waals surface area contributed by atoms with Gasteiger partial charge in [-0.25, -0.2) is 0 Å². The summed E-state index contributed by atoms with van der Waals surface area (Å²) in [5.74, 6) is 0. The maximum absolute atomic E-state index is 6.03. The second kappa shape index (κ2) is 8.31. The van der Waals surface area contributed by atoms with Crippen LogP contribution >= 0.6 is 27.3 Å². The molecule has 4 heteroatoms. The van der Waals surface area contributed by atoms with E-state index in [1.807, 2.05) is 0 Å². The average molecular weight is 333 g/mol. The highest BCUT2D eigenvalue weighted by molar-refractivity contribution is 9.11. The molecule has 0 bridgehead atoms. The van der Waals surface area contributed by atoms with E-state index < -0.39 is 0 Å². The van der Waals surface area contributed by atoms with Crippen molar-refractivity contribution in [3.63, 3.8) is 0 Å². The van der Waals surface area contributed by atoms with E-state index in [0.717, 1.165) is 6.54 Å². The van der Waals surface area contributed by atoms with Crippen LogP contribution in [0, 0.1) is 0 Å². The molecule has 0 aliphatic carbocycles. The maximum Gasteiger partial charge on any atom is 0.0702 e. The van der Waals surface area contributed by atoms with Gasteiger partial charge in [-0.05, 0) is 54.4 Å². The third kappa shape index (κ3) is 4.34. The molecule has 0 fully saturated rings. The molecule has 1 aromatic heterocycles. The first-order chi connectivity index (χ1) is 8.63. The molecule has 2 atom stereocenters. The van der Waals surface area contributed by atoms with Gasteiger partial charge in [-0.1, -0.05) is 20.3 Å². The Labute approximate surface area is 124 Å². The molecule has 0 saturated carbocycles. The molecule has 0 aliphatic rings. The lowest BCUT2D eigenvalue weighted by atomic mass is 10.1. The Balaban J connectivity index is 2.85. The van der Waals surface area contributed by atoms with Crippen LogP contribution in [-0.4, -0.2) is 24.0 Å². The number of thiophene rings is 1. The summed E-state index contributed by atoms with van der Waals surface area (Å²) in [6.07, 6.45) is 3.65. The number of hydrogen-bond donors (Lipinski definition) is 1. The standard InChI is InChI=1S/C14H25BrN2S/c1-4-6-9-17(11(3)5-2)12(10-16)13-7-8-14(15)18-13/h7-8,11-12H,4-6,9-10,16H2,1-3H3. The van der Waals surface area contributed by atoms with Gasteiger partial charge >= 0.3 is 0 Å². The van der Waals surface area contributed by atoms with Gasteiger partial charge in [0.2, 0.25) is 0 Å². The predicted molar refractivity (Wildman–Crippen MR) is 85.2 cm³/mol. The molecule has 2 unspecified atom stereocenters. The fourth-order valence-corrected chi connectivity index (χ4v) is 3.74. The van der Waals surface area contributed by atoms with Gasteiger partial charge in [0.25, 0.3) is 0 Å². The molecular formula is C14H25BrN2S. The van der Waals surface area contributed by atoms with Crippen LogP contribution in [0.25, 0.3) is 0 Å². The predicted octanol–water partition coefficient (Wildman–Crippen LogP) is 4.41. The summed E-state index contributed by atoms with van der Waals surface area (Å²) in [5, 5.41) is 0. The van der Waals surface area contributed by atoms with E-state index in [1.165, 1.54) is 27.9 Å². The summed E-state index contributed by atoms with van der Waals surface area (Å²) in [6.45, 7) is 8.64. The molecule has 1 aromatic rings. The van der Waals surface area contributed by atoms with Crippen molar-refractivity contribution in [3.8, 4) is 0 Å². The molecule has 1 rings (SSSR count). The second-order valence-corrected chi connectivity index (χ2v) is 7.24. The van der Waals surface area contributed by atoms with Crippen molar-refractivity contribution in [1.82, 2.24) is 4.90 Å². The smallest absolute Gasteiger partial charge is 0.0702 e. The van der Waals surface area contributed by atoms with Gasteiger partial charge in [0, 0.05) is 17.5 Å². The summed E-state index contributed by atoms with van der Waals surface area (Å²) in [4.78, 5) is 3.95. The summed E-state index contributed by atoms with van der Waals surface area (Å²) < 4.78 is 1.19. The van der Waals surface area contributed by atoms with Gasteiger partial charge in [-0.15, -0.1) is 11.3 Å². The number of nitrogens with zero attached hydrogens (tertiary/aromatic N) is 1. The number of hydrogen-bond acceptors (Lipinski definition) is 3. The number of rotatable bonds is 8. The van der Waals surface area contributed by atoms with E-state index in [9.17, 15) is 0 Å². The van der Waals surface area contributed by atoms with Crippen LogP contribution < -0.4 is 5.73 Å². The Hall–Kier alpha value is 0.1000. The van der Waals surface area contributed by atoms with E-state index in [0.29, 0.717) is 18.6 Å². The minimum Gasteiger partial charge on any atom is -0.329 e. The Kier molecular flexibility index (Phi) is 7.46. The molecule has 2 nitrogen and oxygen atoms in total. The highest BCUT2D eigenvalue weighted by atomic mass is 79.9. The van der Waals surface area contributed by atoms with Gasteiger partial charge in [-0.3, -0.25) is 4.90 Å². The van der Waals surface area contributed by atoms with Crippen LogP contribution in [0.3, 0.4) is 0 Å². The number of nitrogens with two attached hydrogens (primary N) is 1. The van der Waals surface area contributed by atoms with Crippen LogP contribution in [0.15, 0.2) is 15.9 Å². The molecular weight excluding hydrogens is 308 g/mol. The topological polar surface area (TPSA) is 29.3 Å². The van der Waals surface area contributed by atoms with Crippen LogP contribution in [0.2, 0.25) is 0 Å². The molecule has 0 radical (unpaired) electrons. The van der Waals surface area contributed by atoms with E-state index >= 15 is 0 Å². The number of unbranched alkanes of at least 4 members (excludes halogenated alkanes) is 1. The van der Waals surface area contributed by atoms with Crippen molar-refractivity contribution in [2.45, 2.75) is 52.1 Å². The Bertz CT molecular complexity index is 340. The lowest BCUT2D eigenvalue weighted by Gasteiger charge is -2.35. The lowest BCUT2D eigenvalue weighted by Crippen LogP contribution is -2.40. The molecule has 0 aliphatic heterocycles. The third-order valence-corrected chi connectivity index (χ3v) is 5.20. The first-order valence-electron chi connectivity index (χ1n) is 6.85. The minimum absolute atomic E-state index is 0.364. The van der Waals surface area contributed by atoms with Crippen LogP contribution in [0.5, 0.6) is 0 Å². The Morgan fingerprint density at radius 3 is 2.56 bits per heavy atom. The minimum atomic E-state index is 0.364. The summed E-state index contributed by atoms with van der Waals surface area (Å²) in [5.41, 5.74) is 6.03. The maximum atomic E-state index is 6.03. The van der Waals surface area contributed by atoms with Crippen molar-refractivity contribution < 1.29 is 0 Å². The highest BCUT2D eigenvalue weighted by Crippen LogP contribution is 2.32. The molecule has 1 heterocycles. The van der Waals surface area contributed by atoms with Crippen molar-refractivity contribution in [1.29, 1.82) is 0 Å². The molecule has 0 spiro atoms. The first-order valence-corrected chi connectivity index (χ1v) is 8.46. The van der Waals surface area contributed by atoms with Crippen LogP contribution in [-0.2, 0) is 0 Å². The summed E-state index contributed by atoms with van der Waals surface area (Å²) >= 11 is 5.35. The van der Waals surface area contributed by atoms with Crippen molar-refractivity contribution in [2.75, 3.05) is 13.1 Å². The zero-order valence-corrected chi connectivity index (χ0v) is 14.1. The summed E-state index contributed by atoms with van der Waals surface area (Å²) in [6, 6.07) is 5.28. The van der Waals surface area contributed by atoms with E-state index in [2.05, 4.69) is 53.7 Å². The molecule has 0 saturated heterocycles. The first kappa shape index (κ1) is 16.2. The quantitative estimate of drug-likeness (QED) is 0.763. The fraction of sp³-hybridized carbons (Fsp3) is 0.714. The number of halogens is 1. The van der Waals surface area contributed by atoms with E-state index in [-0.39, 0.29) is 0 Å². The highest BCUT2D eigenvalue weighted by Gasteiger charge is 2.23. The SMILES string of the molecule is CCCCN(C(C)CC)C(CN)c1ccc(Br)s1. The van der Waals surface area contributed by atoms with Gasteiger partial charge in [0.15, 0.2) is 0 Å². The third-order valence-electron chi connectivity index (χ3n) is 3.47. The Morgan fingerprint density at radius 1 is 1.39 bits per heavy atom. The largest absolute Gasteiger partial charge is 0.329 e. The van der Waals surface area contributed by atoms with Crippen molar-refractivity contribution >= 4 is 27.3 Å². The normalized spacial score (nSPS) is 15.0. The second-order valence-electron chi connectivity index (χ2n) is 4.74. The van der Waals surface area contributed by atoms with Gasteiger partial charge < -0.3 is 5.73 Å². The van der Waals surface area contributed by atoms with Crippen molar-refractivity contribution in [3.05, 3.63) is 20.8 Å². The van der Waals surface area contributed by atoms with Crippen LogP contribution in [0.4, 0.5) is 0 Å². The fourth-order valence-electron chi connectivity index (χ4n) is 2.18. The molecule has 0 amide bonds. The van der Waals surface area contributed by atoms with E-state index in [1.54, 1.807) is 11.3 Å². The Morgan fingerprint density at radius 2 is 2.11 bits per heavy atom. The van der Waals surface area contributed by atoms with Gasteiger partial charge in [0.05, 0.1) is 9.83 Å². The monoisotopic (exact) mass is 332 g/mol. The molecule has 0 aromatic carbocycles.